The third-order valence-corrected chi connectivity index (χ3v) is 3.27. The molecule has 0 aliphatic carbocycles. The normalized spacial score (nSPS) is 10.1. The van der Waals surface area contributed by atoms with E-state index in [4.69, 9.17) is 4.74 Å². The fourth-order valence-corrected chi connectivity index (χ4v) is 1.94. The van der Waals surface area contributed by atoms with E-state index in [1.807, 2.05) is 19.9 Å². The molecule has 2 aromatic carbocycles. The molecule has 0 atom stereocenters. The zero-order chi connectivity index (χ0) is 16.1. The molecule has 2 rings (SSSR count). The van der Waals surface area contributed by atoms with Crippen molar-refractivity contribution in [2.75, 3.05) is 11.9 Å². The first-order valence-electron chi connectivity index (χ1n) is 6.76. The Morgan fingerprint density at radius 3 is 2.59 bits per heavy atom. The van der Waals surface area contributed by atoms with Gasteiger partial charge in [0, 0.05) is 5.69 Å². The van der Waals surface area contributed by atoms with E-state index in [2.05, 4.69) is 5.32 Å². The van der Waals surface area contributed by atoms with Gasteiger partial charge in [0.1, 0.15) is 5.82 Å². The highest BCUT2D eigenvalue weighted by Crippen LogP contribution is 2.14. The van der Waals surface area contributed by atoms with Crippen LogP contribution >= 0.6 is 0 Å². The fourth-order valence-electron chi connectivity index (χ4n) is 1.94. The van der Waals surface area contributed by atoms with E-state index in [0.29, 0.717) is 11.3 Å². The summed E-state index contributed by atoms with van der Waals surface area (Å²) >= 11 is 0. The van der Waals surface area contributed by atoms with Crippen molar-refractivity contribution >= 4 is 17.6 Å². The lowest BCUT2D eigenvalue weighted by molar-refractivity contribution is -0.119. The predicted molar refractivity (Wildman–Crippen MR) is 81.2 cm³/mol. The summed E-state index contributed by atoms with van der Waals surface area (Å²) in [4.78, 5) is 23.7. The van der Waals surface area contributed by atoms with E-state index < -0.39 is 24.3 Å². The molecule has 22 heavy (non-hydrogen) atoms. The SMILES string of the molecule is Cc1cccc(C(=O)OCC(=O)Nc2cccc(F)c2)c1C. The summed E-state index contributed by atoms with van der Waals surface area (Å²) in [6.45, 7) is 3.28. The number of hydrogen-bond donors (Lipinski definition) is 1. The van der Waals surface area contributed by atoms with Crippen LogP contribution in [0.25, 0.3) is 0 Å². The minimum absolute atomic E-state index is 0.313. The number of esters is 1. The Balaban J connectivity index is 1.93. The van der Waals surface area contributed by atoms with Gasteiger partial charge < -0.3 is 10.1 Å². The third-order valence-electron chi connectivity index (χ3n) is 3.27. The van der Waals surface area contributed by atoms with Crippen LogP contribution in [0.4, 0.5) is 10.1 Å². The number of anilines is 1. The van der Waals surface area contributed by atoms with Gasteiger partial charge in [0.25, 0.3) is 5.91 Å². The Labute approximate surface area is 127 Å². The minimum Gasteiger partial charge on any atom is -0.452 e. The zero-order valence-corrected chi connectivity index (χ0v) is 12.4. The topological polar surface area (TPSA) is 55.4 Å². The van der Waals surface area contributed by atoms with Gasteiger partial charge in [-0.3, -0.25) is 4.79 Å². The summed E-state index contributed by atoms with van der Waals surface area (Å²) in [5, 5.41) is 2.46. The van der Waals surface area contributed by atoms with Gasteiger partial charge in [-0.25, -0.2) is 9.18 Å². The number of halogens is 1. The van der Waals surface area contributed by atoms with Gasteiger partial charge >= 0.3 is 5.97 Å². The van der Waals surface area contributed by atoms with Crippen molar-refractivity contribution in [3.8, 4) is 0 Å². The fraction of sp³-hybridized carbons (Fsp3) is 0.176. The lowest BCUT2D eigenvalue weighted by atomic mass is 10.0. The van der Waals surface area contributed by atoms with Crippen LogP contribution < -0.4 is 5.32 Å². The van der Waals surface area contributed by atoms with Crippen molar-refractivity contribution in [2.45, 2.75) is 13.8 Å². The zero-order valence-electron chi connectivity index (χ0n) is 12.4. The molecule has 2 aromatic rings. The summed E-state index contributed by atoms with van der Waals surface area (Å²) in [5.41, 5.74) is 2.53. The lowest BCUT2D eigenvalue weighted by Gasteiger charge is -2.09. The van der Waals surface area contributed by atoms with E-state index >= 15 is 0 Å². The molecule has 0 spiro atoms. The van der Waals surface area contributed by atoms with Crippen LogP contribution in [0.2, 0.25) is 0 Å². The highest BCUT2D eigenvalue weighted by Gasteiger charge is 2.13. The molecule has 4 nitrogen and oxygen atoms in total. The molecule has 0 aliphatic heterocycles. The van der Waals surface area contributed by atoms with Crippen LogP contribution in [-0.4, -0.2) is 18.5 Å². The Bertz CT molecular complexity index is 713. The summed E-state index contributed by atoms with van der Waals surface area (Å²) in [6, 6.07) is 10.8. The average Bonchev–Trinajstić information content (AvgIpc) is 2.47. The van der Waals surface area contributed by atoms with E-state index in [-0.39, 0.29) is 0 Å². The molecule has 5 heteroatoms. The molecule has 1 amide bonds. The molecular formula is C17H16FNO3. The van der Waals surface area contributed by atoms with E-state index in [0.717, 1.165) is 11.1 Å². The number of aryl methyl sites for hydroxylation is 1. The van der Waals surface area contributed by atoms with Crippen LogP contribution in [0, 0.1) is 19.7 Å². The molecule has 0 saturated heterocycles. The number of ether oxygens (including phenoxy) is 1. The first-order chi connectivity index (χ1) is 10.5. The van der Waals surface area contributed by atoms with Crippen molar-refractivity contribution < 1.29 is 18.7 Å². The van der Waals surface area contributed by atoms with Crippen LogP contribution in [0.1, 0.15) is 21.5 Å². The maximum Gasteiger partial charge on any atom is 0.338 e. The highest BCUT2D eigenvalue weighted by atomic mass is 19.1. The third kappa shape index (κ3) is 3.91. The predicted octanol–water partition coefficient (Wildman–Crippen LogP) is 3.24. The first kappa shape index (κ1) is 15.7. The number of carbonyl (C=O) groups excluding carboxylic acids is 2. The molecule has 0 bridgehead atoms. The second kappa shape index (κ2) is 6.85. The van der Waals surface area contributed by atoms with Gasteiger partial charge in [-0.2, -0.15) is 0 Å². The monoisotopic (exact) mass is 301 g/mol. The Hall–Kier alpha value is -2.69. The molecule has 0 unspecified atom stereocenters. The molecule has 0 saturated carbocycles. The van der Waals surface area contributed by atoms with Crippen LogP contribution in [0.5, 0.6) is 0 Å². The van der Waals surface area contributed by atoms with Gasteiger partial charge in [0.15, 0.2) is 6.61 Å². The van der Waals surface area contributed by atoms with E-state index in [1.165, 1.54) is 18.2 Å². The maximum atomic E-state index is 13.0. The smallest absolute Gasteiger partial charge is 0.338 e. The molecule has 0 heterocycles. The van der Waals surface area contributed by atoms with Crippen molar-refractivity contribution in [3.05, 3.63) is 65.0 Å². The molecule has 114 valence electrons. The quantitative estimate of drug-likeness (QED) is 0.882. The molecule has 0 fully saturated rings. The van der Waals surface area contributed by atoms with Crippen LogP contribution in [0.3, 0.4) is 0 Å². The van der Waals surface area contributed by atoms with Crippen LogP contribution in [-0.2, 0) is 9.53 Å². The first-order valence-corrected chi connectivity index (χ1v) is 6.76. The van der Waals surface area contributed by atoms with Crippen molar-refractivity contribution in [3.63, 3.8) is 0 Å². The van der Waals surface area contributed by atoms with Gasteiger partial charge in [0.05, 0.1) is 5.56 Å². The number of amides is 1. The molecule has 0 radical (unpaired) electrons. The van der Waals surface area contributed by atoms with Gasteiger partial charge in [0.2, 0.25) is 0 Å². The second-order valence-corrected chi connectivity index (χ2v) is 4.88. The van der Waals surface area contributed by atoms with E-state index in [9.17, 15) is 14.0 Å². The largest absolute Gasteiger partial charge is 0.452 e. The van der Waals surface area contributed by atoms with Crippen molar-refractivity contribution in [1.29, 1.82) is 0 Å². The Morgan fingerprint density at radius 2 is 1.86 bits per heavy atom. The lowest BCUT2D eigenvalue weighted by Crippen LogP contribution is -2.21. The summed E-state index contributed by atoms with van der Waals surface area (Å²) < 4.78 is 18.0. The number of nitrogens with one attached hydrogen (secondary N) is 1. The molecule has 0 aliphatic rings. The van der Waals surface area contributed by atoms with Crippen molar-refractivity contribution in [1.82, 2.24) is 0 Å². The average molecular weight is 301 g/mol. The Kier molecular flexibility index (Phi) is 4.88. The van der Waals surface area contributed by atoms with Gasteiger partial charge in [-0.1, -0.05) is 18.2 Å². The number of carbonyl (C=O) groups is 2. The number of hydrogen-bond acceptors (Lipinski definition) is 3. The van der Waals surface area contributed by atoms with Gasteiger partial charge in [-0.15, -0.1) is 0 Å². The highest BCUT2D eigenvalue weighted by molar-refractivity contribution is 5.96. The van der Waals surface area contributed by atoms with Crippen molar-refractivity contribution in [2.24, 2.45) is 0 Å². The second-order valence-electron chi connectivity index (χ2n) is 4.88. The van der Waals surface area contributed by atoms with Crippen LogP contribution in [0.15, 0.2) is 42.5 Å². The Morgan fingerprint density at radius 1 is 1.14 bits per heavy atom. The summed E-state index contributed by atoms with van der Waals surface area (Å²) in [7, 11) is 0. The maximum absolute atomic E-state index is 13.0. The standard InChI is InChI=1S/C17H16FNO3/c1-11-5-3-8-15(12(11)2)17(21)22-10-16(20)19-14-7-4-6-13(18)9-14/h3-9H,10H2,1-2H3,(H,19,20). The van der Waals surface area contributed by atoms with E-state index in [1.54, 1.807) is 18.2 Å². The molecular weight excluding hydrogens is 285 g/mol. The van der Waals surface area contributed by atoms with Gasteiger partial charge in [-0.05, 0) is 49.2 Å². The minimum atomic E-state index is -0.560. The summed E-state index contributed by atoms with van der Waals surface area (Å²) in [5.74, 6) is -1.54. The molecule has 1 N–H and O–H groups in total. The number of rotatable bonds is 4. The molecule has 0 aromatic heterocycles. The number of benzene rings is 2. The summed E-state index contributed by atoms with van der Waals surface area (Å²) in [6.07, 6.45) is 0.